The summed E-state index contributed by atoms with van der Waals surface area (Å²) in [6.45, 7) is 10.2. The number of piperazine rings is 1. The van der Waals surface area contributed by atoms with E-state index in [9.17, 15) is 13.2 Å². The fourth-order valence-corrected chi connectivity index (χ4v) is 4.74. The number of nitrogens with one attached hydrogen (secondary N) is 1. The fourth-order valence-electron chi connectivity index (χ4n) is 3.32. The van der Waals surface area contributed by atoms with Crippen LogP contribution in [0.1, 0.15) is 46.1 Å². The van der Waals surface area contributed by atoms with E-state index in [2.05, 4.69) is 31.0 Å². The minimum Gasteiger partial charge on any atom is -0.352 e. The van der Waals surface area contributed by atoms with E-state index < -0.39 is 10.0 Å². The van der Waals surface area contributed by atoms with Crippen LogP contribution in [0.3, 0.4) is 0 Å². The third-order valence-corrected chi connectivity index (χ3v) is 7.40. The van der Waals surface area contributed by atoms with Gasteiger partial charge in [-0.15, -0.1) is 0 Å². The predicted octanol–water partition coefficient (Wildman–Crippen LogP) is 1.96. The molecule has 1 amide bonds. The number of sulfonamides is 1. The van der Waals surface area contributed by atoms with Crippen LogP contribution in [0.2, 0.25) is 0 Å². The summed E-state index contributed by atoms with van der Waals surface area (Å²) >= 11 is 0. The molecule has 3 rings (SSSR count). The summed E-state index contributed by atoms with van der Waals surface area (Å²) in [5.41, 5.74) is 1.10. The van der Waals surface area contributed by atoms with Crippen LogP contribution in [-0.2, 0) is 20.2 Å². The Morgan fingerprint density at radius 1 is 1.07 bits per heavy atom. The van der Waals surface area contributed by atoms with Crippen molar-refractivity contribution in [2.45, 2.75) is 62.9 Å². The average molecular weight is 394 g/mol. The molecule has 2 aliphatic rings. The van der Waals surface area contributed by atoms with Gasteiger partial charge in [0.15, 0.2) is 0 Å². The summed E-state index contributed by atoms with van der Waals surface area (Å²) in [6.07, 6.45) is 2.14. The van der Waals surface area contributed by atoms with Gasteiger partial charge in [-0.1, -0.05) is 32.9 Å². The van der Waals surface area contributed by atoms with Crippen LogP contribution in [0.4, 0.5) is 0 Å². The maximum Gasteiger partial charge on any atom is 0.243 e. The Morgan fingerprint density at radius 2 is 1.63 bits per heavy atom. The van der Waals surface area contributed by atoms with Gasteiger partial charge in [0.05, 0.1) is 10.9 Å². The molecule has 1 aromatic carbocycles. The molecule has 1 aromatic rings. The third kappa shape index (κ3) is 4.70. The van der Waals surface area contributed by atoms with Crippen LogP contribution in [0.15, 0.2) is 29.2 Å². The molecular formula is C20H31N3O3S. The summed E-state index contributed by atoms with van der Waals surface area (Å²) in [7, 11) is -3.50. The van der Waals surface area contributed by atoms with Crippen molar-refractivity contribution in [1.29, 1.82) is 0 Å². The normalized spacial score (nSPS) is 21.0. The lowest BCUT2D eigenvalue weighted by molar-refractivity contribution is -0.126. The van der Waals surface area contributed by atoms with E-state index in [0.29, 0.717) is 37.1 Å². The Morgan fingerprint density at radius 3 is 2.11 bits per heavy atom. The highest BCUT2D eigenvalue weighted by molar-refractivity contribution is 7.89. The summed E-state index contributed by atoms with van der Waals surface area (Å²) in [4.78, 5) is 14.6. The molecule has 1 saturated carbocycles. The van der Waals surface area contributed by atoms with E-state index >= 15 is 0 Å². The van der Waals surface area contributed by atoms with E-state index in [1.165, 1.54) is 4.31 Å². The summed E-state index contributed by atoms with van der Waals surface area (Å²) < 4.78 is 27.4. The van der Waals surface area contributed by atoms with Crippen LogP contribution in [0.25, 0.3) is 0 Å². The predicted molar refractivity (Wildman–Crippen MR) is 106 cm³/mol. The molecule has 1 atom stereocenters. The van der Waals surface area contributed by atoms with Crippen molar-refractivity contribution in [3.63, 3.8) is 0 Å². The van der Waals surface area contributed by atoms with Crippen molar-refractivity contribution in [1.82, 2.24) is 14.5 Å². The minimum absolute atomic E-state index is 0.00883. The molecule has 6 nitrogen and oxygen atoms in total. The number of carbonyl (C=O) groups excluding carboxylic acids is 1. The number of hydrogen-bond acceptors (Lipinski definition) is 4. The lowest BCUT2D eigenvalue weighted by Crippen LogP contribution is -2.55. The average Bonchev–Trinajstić information content (AvgIpc) is 3.44. The van der Waals surface area contributed by atoms with Gasteiger partial charge in [-0.05, 0) is 42.9 Å². The smallest absolute Gasteiger partial charge is 0.243 e. The number of nitrogens with zero attached hydrogens (tertiary/aromatic N) is 2. The zero-order valence-electron chi connectivity index (χ0n) is 16.7. The zero-order valence-corrected chi connectivity index (χ0v) is 17.6. The van der Waals surface area contributed by atoms with Gasteiger partial charge in [0, 0.05) is 32.2 Å². The van der Waals surface area contributed by atoms with Gasteiger partial charge in [-0.2, -0.15) is 4.31 Å². The first-order valence-corrected chi connectivity index (χ1v) is 11.2. The highest BCUT2D eigenvalue weighted by Crippen LogP contribution is 2.25. The van der Waals surface area contributed by atoms with Crippen molar-refractivity contribution in [2.24, 2.45) is 0 Å². The van der Waals surface area contributed by atoms with Gasteiger partial charge in [0.25, 0.3) is 0 Å². The second-order valence-corrected chi connectivity index (χ2v) is 10.6. The molecule has 0 bridgehead atoms. The van der Waals surface area contributed by atoms with E-state index in [1.54, 1.807) is 12.1 Å². The molecule has 0 radical (unpaired) electrons. The SMILES string of the molecule is C[C@H](C(=O)NC1CC1)N1CCN(S(=O)(=O)c2ccc(C(C)(C)C)cc2)CC1. The van der Waals surface area contributed by atoms with Gasteiger partial charge < -0.3 is 5.32 Å². The summed E-state index contributed by atoms with van der Waals surface area (Å²) in [5, 5.41) is 3.02. The molecule has 0 aromatic heterocycles. The molecule has 1 aliphatic carbocycles. The van der Waals surface area contributed by atoms with E-state index in [1.807, 2.05) is 19.1 Å². The molecule has 2 fully saturated rings. The Hall–Kier alpha value is -1.44. The number of benzene rings is 1. The van der Waals surface area contributed by atoms with Crippen LogP contribution in [-0.4, -0.2) is 61.8 Å². The van der Waals surface area contributed by atoms with E-state index in [0.717, 1.165) is 18.4 Å². The first-order chi connectivity index (χ1) is 12.6. The van der Waals surface area contributed by atoms with Crippen LogP contribution < -0.4 is 5.32 Å². The third-order valence-electron chi connectivity index (χ3n) is 5.48. The first kappa shape index (κ1) is 20.3. The van der Waals surface area contributed by atoms with Crippen molar-refractivity contribution in [3.8, 4) is 0 Å². The molecule has 0 unspecified atom stereocenters. The van der Waals surface area contributed by atoms with Crippen LogP contribution in [0.5, 0.6) is 0 Å². The van der Waals surface area contributed by atoms with Gasteiger partial charge in [0.2, 0.25) is 15.9 Å². The summed E-state index contributed by atoms with van der Waals surface area (Å²) in [5.74, 6) is 0.0478. The van der Waals surface area contributed by atoms with Crippen LogP contribution in [0, 0.1) is 0 Å². The van der Waals surface area contributed by atoms with E-state index in [-0.39, 0.29) is 17.4 Å². The van der Waals surface area contributed by atoms with Crippen LogP contribution >= 0.6 is 0 Å². The number of rotatable bonds is 5. The first-order valence-electron chi connectivity index (χ1n) is 9.74. The number of amides is 1. The van der Waals surface area contributed by atoms with Crippen molar-refractivity contribution in [3.05, 3.63) is 29.8 Å². The Balaban J connectivity index is 1.61. The van der Waals surface area contributed by atoms with Crippen molar-refractivity contribution < 1.29 is 13.2 Å². The van der Waals surface area contributed by atoms with Crippen molar-refractivity contribution >= 4 is 15.9 Å². The van der Waals surface area contributed by atoms with Gasteiger partial charge in [-0.25, -0.2) is 8.42 Å². The summed E-state index contributed by atoms with van der Waals surface area (Å²) in [6, 6.07) is 7.32. The molecule has 150 valence electrons. The molecule has 1 saturated heterocycles. The fraction of sp³-hybridized carbons (Fsp3) is 0.650. The number of hydrogen-bond donors (Lipinski definition) is 1. The second-order valence-electron chi connectivity index (χ2n) is 8.67. The molecule has 0 spiro atoms. The lowest BCUT2D eigenvalue weighted by atomic mass is 9.87. The Labute approximate surface area is 163 Å². The van der Waals surface area contributed by atoms with Gasteiger partial charge in [0.1, 0.15) is 0 Å². The lowest BCUT2D eigenvalue weighted by Gasteiger charge is -2.36. The number of carbonyl (C=O) groups is 1. The molecule has 7 heteroatoms. The zero-order chi connectivity index (χ0) is 19.8. The molecule has 1 aliphatic heterocycles. The molecule has 27 heavy (non-hydrogen) atoms. The second kappa shape index (κ2) is 7.53. The highest BCUT2D eigenvalue weighted by Gasteiger charge is 2.33. The molecule has 1 heterocycles. The molecule has 1 N–H and O–H groups in total. The Kier molecular flexibility index (Phi) is 5.66. The quantitative estimate of drug-likeness (QED) is 0.830. The van der Waals surface area contributed by atoms with E-state index in [4.69, 9.17) is 0 Å². The maximum atomic E-state index is 12.9. The van der Waals surface area contributed by atoms with Gasteiger partial charge >= 0.3 is 0 Å². The topological polar surface area (TPSA) is 69.7 Å². The monoisotopic (exact) mass is 393 g/mol. The van der Waals surface area contributed by atoms with Gasteiger partial charge in [-0.3, -0.25) is 9.69 Å². The standard InChI is InChI=1S/C20H31N3O3S/c1-15(19(24)21-17-7-8-17)22-11-13-23(14-12-22)27(25,26)18-9-5-16(6-10-18)20(2,3)4/h5-6,9-10,15,17H,7-8,11-14H2,1-4H3,(H,21,24)/t15-/m1/s1. The maximum absolute atomic E-state index is 12.9. The minimum atomic E-state index is -3.50. The largest absolute Gasteiger partial charge is 0.352 e. The Bertz CT molecular complexity index is 772. The van der Waals surface area contributed by atoms with Crippen molar-refractivity contribution in [2.75, 3.05) is 26.2 Å². The highest BCUT2D eigenvalue weighted by atomic mass is 32.2. The molecular weight excluding hydrogens is 362 g/mol.